The van der Waals surface area contributed by atoms with E-state index in [1.54, 1.807) is 11.3 Å². The summed E-state index contributed by atoms with van der Waals surface area (Å²) in [5, 5.41) is 2.10. The SMILES string of the molecule is CC(C)c1ccc(SCc2sccc2C#CCN)cc1. The van der Waals surface area contributed by atoms with Crippen molar-refractivity contribution in [1.82, 2.24) is 0 Å². The number of nitrogens with two attached hydrogens (primary N) is 1. The summed E-state index contributed by atoms with van der Waals surface area (Å²) < 4.78 is 0. The lowest BCUT2D eigenvalue weighted by atomic mass is 10.0. The van der Waals surface area contributed by atoms with Gasteiger partial charge in [0.1, 0.15) is 0 Å². The van der Waals surface area contributed by atoms with E-state index in [4.69, 9.17) is 5.73 Å². The van der Waals surface area contributed by atoms with E-state index in [0.29, 0.717) is 12.5 Å². The molecule has 1 heterocycles. The summed E-state index contributed by atoms with van der Waals surface area (Å²) in [5.41, 5.74) is 7.93. The smallest absolute Gasteiger partial charge is 0.0555 e. The molecule has 1 aromatic heterocycles. The van der Waals surface area contributed by atoms with Crippen LogP contribution in [-0.4, -0.2) is 6.54 Å². The van der Waals surface area contributed by atoms with Crippen LogP contribution in [0.25, 0.3) is 0 Å². The van der Waals surface area contributed by atoms with E-state index in [2.05, 4.69) is 61.4 Å². The molecule has 2 aromatic rings. The summed E-state index contributed by atoms with van der Waals surface area (Å²) in [6, 6.07) is 10.9. The highest BCUT2D eigenvalue weighted by molar-refractivity contribution is 7.98. The second kappa shape index (κ2) is 7.54. The van der Waals surface area contributed by atoms with Crippen molar-refractivity contribution in [3.63, 3.8) is 0 Å². The summed E-state index contributed by atoms with van der Waals surface area (Å²) in [4.78, 5) is 2.63. The molecule has 0 atom stereocenters. The molecular weight excluding hydrogens is 282 g/mol. The Morgan fingerprint density at radius 1 is 1.20 bits per heavy atom. The third-order valence-electron chi connectivity index (χ3n) is 2.99. The first-order chi connectivity index (χ1) is 9.70. The van der Waals surface area contributed by atoms with E-state index in [0.717, 1.165) is 11.3 Å². The Morgan fingerprint density at radius 2 is 1.95 bits per heavy atom. The molecule has 0 radical (unpaired) electrons. The third-order valence-corrected chi connectivity index (χ3v) is 5.13. The van der Waals surface area contributed by atoms with Crippen molar-refractivity contribution in [2.75, 3.05) is 6.54 Å². The highest BCUT2D eigenvalue weighted by atomic mass is 32.2. The van der Waals surface area contributed by atoms with Gasteiger partial charge < -0.3 is 5.73 Å². The van der Waals surface area contributed by atoms with Gasteiger partial charge in [0.05, 0.1) is 6.54 Å². The molecule has 1 nitrogen and oxygen atoms in total. The summed E-state index contributed by atoms with van der Waals surface area (Å²) in [7, 11) is 0. The minimum Gasteiger partial charge on any atom is -0.320 e. The minimum absolute atomic E-state index is 0.416. The number of benzene rings is 1. The normalized spacial score (nSPS) is 10.4. The Balaban J connectivity index is 2.00. The maximum Gasteiger partial charge on any atom is 0.0555 e. The molecule has 3 heteroatoms. The average molecular weight is 301 g/mol. The molecule has 0 bridgehead atoms. The van der Waals surface area contributed by atoms with Gasteiger partial charge in [-0.15, -0.1) is 23.1 Å². The lowest BCUT2D eigenvalue weighted by Crippen LogP contribution is -1.93. The average Bonchev–Trinajstić information content (AvgIpc) is 2.90. The summed E-state index contributed by atoms with van der Waals surface area (Å²) in [5.74, 6) is 7.61. The zero-order chi connectivity index (χ0) is 14.4. The van der Waals surface area contributed by atoms with E-state index < -0.39 is 0 Å². The molecule has 0 unspecified atom stereocenters. The van der Waals surface area contributed by atoms with Crippen LogP contribution in [0.2, 0.25) is 0 Å². The highest BCUT2D eigenvalue weighted by Crippen LogP contribution is 2.28. The summed E-state index contributed by atoms with van der Waals surface area (Å²) >= 11 is 3.62. The van der Waals surface area contributed by atoms with E-state index in [9.17, 15) is 0 Å². The second-order valence-corrected chi connectivity index (χ2v) is 6.83. The van der Waals surface area contributed by atoms with Gasteiger partial charge in [-0.1, -0.05) is 37.8 Å². The predicted molar refractivity (Wildman–Crippen MR) is 90.3 cm³/mol. The quantitative estimate of drug-likeness (QED) is 0.666. The second-order valence-electron chi connectivity index (χ2n) is 4.78. The van der Waals surface area contributed by atoms with Crippen molar-refractivity contribution < 1.29 is 0 Å². The number of thioether (sulfide) groups is 1. The monoisotopic (exact) mass is 301 g/mol. The first-order valence-corrected chi connectivity index (χ1v) is 8.55. The van der Waals surface area contributed by atoms with Gasteiger partial charge >= 0.3 is 0 Å². The molecule has 0 fully saturated rings. The predicted octanol–water partition coefficient (Wildman–Crippen LogP) is 4.47. The lowest BCUT2D eigenvalue weighted by Gasteiger charge is -2.06. The molecule has 2 rings (SSSR count). The topological polar surface area (TPSA) is 26.0 Å². The molecular formula is C17H19NS2. The first-order valence-electron chi connectivity index (χ1n) is 6.68. The van der Waals surface area contributed by atoms with Crippen LogP contribution in [0.5, 0.6) is 0 Å². The highest BCUT2D eigenvalue weighted by Gasteiger charge is 2.04. The van der Waals surface area contributed by atoms with E-state index in [1.165, 1.54) is 15.3 Å². The molecule has 0 saturated carbocycles. The summed E-state index contributed by atoms with van der Waals surface area (Å²) in [6.07, 6.45) is 0. The van der Waals surface area contributed by atoms with Crippen LogP contribution >= 0.6 is 23.1 Å². The van der Waals surface area contributed by atoms with Gasteiger partial charge in [0.25, 0.3) is 0 Å². The molecule has 0 spiro atoms. The van der Waals surface area contributed by atoms with Crippen molar-refractivity contribution in [3.05, 3.63) is 51.7 Å². The van der Waals surface area contributed by atoms with Crippen LogP contribution in [-0.2, 0) is 5.75 Å². The first kappa shape index (κ1) is 15.2. The zero-order valence-corrected chi connectivity index (χ0v) is 13.5. The molecule has 0 amide bonds. The van der Waals surface area contributed by atoms with Crippen LogP contribution in [0, 0.1) is 11.8 Å². The van der Waals surface area contributed by atoms with Crippen LogP contribution in [0.4, 0.5) is 0 Å². The van der Waals surface area contributed by atoms with Crippen molar-refractivity contribution in [2.45, 2.75) is 30.4 Å². The van der Waals surface area contributed by atoms with Crippen LogP contribution in [0.1, 0.15) is 35.8 Å². The number of thiophene rings is 1. The number of hydrogen-bond acceptors (Lipinski definition) is 3. The Morgan fingerprint density at radius 3 is 2.60 bits per heavy atom. The van der Waals surface area contributed by atoms with Gasteiger partial charge in [0.15, 0.2) is 0 Å². The van der Waals surface area contributed by atoms with Gasteiger partial charge in [-0.3, -0.25) is 0 Å². The Labute approximate surface area is 129 Å². The molecule has 0 aliphatic rings. The van der Waals surface area contributed by atoms with Gasteiger partial charge in [-0.05, 0) is 35.1 Å². The van der Waals surface area contributed by atoms with Crippen molar-refractivity contribution >= 4 is 23.1 Å². The molecule has 2 N–H and O–H groups in total. The molecule has 1 aromatic carbocycles. The van der Waals surface area contributed by atoms with Gasteiger partial charge in [0, 0.05) is 21.1 Å². The molecule has 0 saturated heterocycles. The van der Waals surface area contributed by atoms with E-state index in [-0.39, 0.29) is 0 Å². The van der Waals surface area contributed by atoms with E-state index in [1.807, 2.05) is 11.8 Å². The Hall–Kier alpha value is -1.21. The van der Waals surface area contributed by atoms with Crippen molar-refractivity contribution in [1.29, 1.82) is 0 Å². The minimum atomic E-state index is 0.416. The van der Waals surface area contributed by atoms with Gasteiger partial charge in [-0.2, -0.15) is 0 Å². The third kappa shape index (κ3) is 4.14. The molecule has 104 valence electrons. The Bertz CT molecular complexity index is 600. The number of rotatable bonds is 4. The fourth-order valence-corrected chi connectivity index (χ4v) is 3.65. The fourth-order valence-electron chi connectivity index (χ4n) is 1.81. The maximum absolute atomic E-state index is 5.42. The van der Waals surface area contributed by atoms with Crippen LogP contribution < -0.4 is 5.73 Å². The van der Waals surface area contributed by atoms with Crippen molar-refractivity contribution in [2.24, 2.45) is 5.73 Å². The lowest BCUT2D eigenvalue weighted by molar-refractivity contribution is 0.865. The largest absolute Gasteiger partial charge is 0.320 e. The molecule has 0 aliphatic carbocycles. The standard InChI is InChI=1S/C17H19NS2/c1-13(2)14-5-7-16(8-6-14)20-12-17-15(4-3-10-18)9-11-19-17/h5-9,11,13H,10,12,18H2,1-2H3. The van der Waals surface area contributed by atoms with Crippen molar-refractivity contribution in [3.8, 4) is 11.8 Å². The fraction of sp³-hybridized carbons (Fsp3) is 0.294. The Kier molecular flexibility index (Phi) is 5.72. The number of hydrogen-bond donors (Lipinski definition) is 1. The van der Waals surface area contributed by atoms with Crippen LogP contribution in [0.3, 0.4) is 0 Å². The zero-order valence-electron chi connectivity index (χ0n) is 11.8. The summed E-state index contributed by atoms with van der Waals surface area (Å²) in [6.45, 7) is 4.85. The van der Waals surface area contributed by atoms with Gasteiger partial charge in [-0.25, -0.2) is 0 Å². The van der Waals surface area contributed by atoms with E-state index >= 15 is 0 Å². The maximum atomic E-state index is 5.42. The van der Waals surface area contributed by atoms with Gasteiger partial charge in [0.2, 0.25) is 0 Å². The van der Waals surface area contributed by atoms with Crippen LogP contribution in [0.15, 0.2) is 40.6 Å². The molecule has 0 aliphatic heterocycles. The molecule has 20 heavy (non-hydrogen) atoms.